The zero-order chi connectivity index (χ0) is 17.8. The van der Waals surface area contributed by atoms with Crippen LogP contribution in [0.25, 0.3) is 10.9 Å². The normalized spacial score (nSPS) is 12.5. The minimum absolute atomic E-state index is 0. The molecule has 0 saturated carbocycles. The molecule has 1 aromatic heterocycles. The highest BCUT2D eigenvalue weighted by atomic mass is 127. The number of benzene rings is 2. The van der Waals surface area contributed by atoms with E-state index in [2.05, 4.69) is 15.3 Å². The third-order valence-electron chi connectivity index (χ3n) is 3.95. The second-order valence-electron chi connectivity index (χ2n) is 5.72. The second kappa shape index (κ2) is 9.39. The number of para-hydroxylation sites is 1. The summed E-state index contributed by atoms with van der Waals surface area (Å²) in [5, 5.41) is 5.44. The van der Waals surface area contributed by atoms with Crippen molar-refractivity contribution in [1.82, 2.24) is 10.3 Å². The molecule has 2 aromatic carbocycles. The fourth-order valence-electron chi connectivity index (χ4n) is 2.66. The van der Waals surface area contributed by atoms with Gasteiger partial charge in [0.15, 0.2) is 5.96 Å². The highest BCUT2D eigenvalue weighted by molar-refractivity contribution is 14.0. The van der Waals surface area contributed by atoms with Gasteiger partial charge in [-0.15, -0.1) is 24.0 Å². The summed E-state index contributed by atoms with van der Waals surface area (Å²) in [5.41, 5.74) is 8.98. The van der Waals surface area contributed by atoms with Gasteiger partial charge in [0.1, 0.15) is 0 Å². The number of rotatable bonds is 4. The topological polar surface area (TPSA) is 63.3 Å². The Morgan fingerprint density at radius 1 is 1.19 bits per heavy atom. The fraction of sp³-hybridized carbons (Fsp3) is 0.158. The van der Waals surface area contributed by atoms with Gasteiger partial charge < -0.3 is 11.1 Å². The number of nitrogens with one attached hydrogen (secondary N) is 1. The highest BCUT2D eigenvalue weighted by Gasteiger charge is 2.10. The van der Waals surface area contributed by atoms with Gasteiger partial charge >= 0.3 is 0 Å². The smallest absolute Gasteiger partial charge is 0.189 e. The first kappa shape index (κ1) is 20.7. The van der Waals surface area contributed by atoms with E-state index in [4.69, 9.17) is 28.9 Å². The van der Waals surface area contributed by atoms with E-state index in [9.17, 15) is 0 Å². The van der Waals surface area contributed by atoms with Crippen molar-refractivity contribution in [2.24, 2.45) is 10.7 Å². The Bertz CT molecular complexity index is 925. The third kappa shape index (κ3) is 4.99. The first-order valence-corrected chi connectivity index (χ1v) is 8.64. The molecule has 0 spiro atoms. The Hall–Kier alpha value is -1.57. The zero-order valence-corrected chi connectivity index (χ0v) is 18.0. The van der Waals surface area contributed by atoms with Crippen molar-refractivity contribution in [1.29, 1.82) is 0 Å². The summed E-state index contributed by atoms with van der Waals surface area (Å²) in [6, 6.07) is 15.2. The average molecular weight is 501 g/mol. The zero-order valence-electron chi connectivity index (χ0n) is 14.1. The number of fused-ring (bicyclic) bond motifs is 1. The fourth-order valence-corrected chi connectivity index (χ4v) is 3.23. The standard InChI is InChI=1S/C19H18Cl2N4.HI/c1-12(15-7-6-14(20)10-17(15)21)25-19(22)24-11-13-8-9-23-18-5-3-2-4-16(13)18;/h2-10,12H,11H2,1H3,(H3,22,24,25);1H. The van der Waals surface area contributed by atoms with Gasteiger partial charge in [0.05, 0.1) is 18.1 Å². The highest BCUT2D eigenvalue weighted by Crippen LogP contribution is 2.26. The predicted molar refractivity (Wildman–Crippen MR) is 120 cm³/mol. The molecule has 3 aromatic rings. The maximum Gasteiger partial charge on any atom is 0.189 e. The summed E-state index contributed by atoms with van der Waals surface area (Å²) in [4.78, 5) is 8.80. The summed E-state index contributed by atoms with van der Waals surface area (Å²) in [6.07, 6.45) is 1.78. The number of aliphatic imine (C=N–C) groups is 1. The molecule has 0 saturated heterocycles. The van der Waals surface area contributed by atoms with Gasteiger partial charge in [-0.1, -0.05) is 47.5 Å². The molecule has 0 bridgehead atoms. The van der Waals surface area contributed by atoms with Crippen molar-refractivity contribution < 1.29 is 0 Å². The van der Waals surface area contributed by atoms with Crippen LogP contribution >= 0.6 is 47.2 Å². The van der Waals surface area contributed by atoms with Gasteiger partial charge in [-0.05, 0) is 42.3 Å². The van der Waals surface area contributed by atoms with Crippen molar-refractivity contribution in [3.8, 4) is 0 Å². The Morgan fingerprint density at radius 3 is 2.73 bits per heavy atom. The first-order chi connectivity index (χ1) is 12.0. The Kier molecular flexibility index (Phi) is 7.49. The van der Waals surface area contributed by atoms with Crippen LogP contribution in [0.1, 0.15) is 24.1 Å². The molecule has 26 heavy (non-hydrogen) atoms. The lowest BCUT2D eigenvalue weighted by molar-refractivity contribution is 0.708. The number of guanidine groups is 1. The Balaban J connectivity index is 0.00000243. The minimum Gasteiger partial charge on any atom is -0.370 e. The van der Waals surface area contributed by atoms with Crippen LogP contribution in [0.4, 0.5) is 0 Å². The number of hydrogen-bond donors (Lipinski definition) is 2. The van der Waals surface area contributed by atoms with Crippen LogP contribution in [-0.4, -0.2) is 10.9 Å². The molecule has 0 amide bonds. The summed E-state index contributed by atoms with van der Waals surface area (Å²) >= 11 is 12.2. The quantitative estimate of drug-likeness (QED) is 0.289. The molecule has 4 nitrogen and oxygen atoms in total. The molecule has 0 fully saturated rings. The predicted octanol–water partition coefficient (Wildman–Crippen LogP) is 5.33. The van der Waals surface area contributed by atoms with Crippen molar-refractivity contribution in [3.05, 3.63) is 75.9 Å². The molecule has 0 aliphatic rings. The van der Waals surface area contributed by atoms with Gasteiger partial charge in [0.2, 0.25) is 0 Å². The van der Waals surface area contributed by atoms with Crippen molar-refractivity contribution in [2.75, 3.05) is 0 Å². The van der Waals surface area contributed by atoms with E-state index in [1.807, 2.05) is 43.3 Å². The van der Waals surface area contributed by atoms with Crippen LogP contribution in [0.2, 0.25) is 10.0 Å². The lowest BCUT2D eigenvalue weighted by atomic mass is 10.1. The number of nitrogens with two attached hydrogens (primary N) is 1. The average Bonchev–Trinajstić information content (AvgIpc) is 2.59. The molecule has 7 heteroatoms. The van der Waals surface area contributed by atoms with Gasteiger partial charge in [0.25, 0.3) is 0 Å². The van der Waals surface area contributed by atoms with Crippen LogP contribution in [0.5, 0.6) is 0 Å². The van der Waals surface area contributed by atoms with Crippen LogP contribution < -0.4 is 11.1 Å². The number of aromatic nitrogens is 1. The van der Waals surface area contributed by atoms with E-state index in [0.29, 0.717) is 22.5 Å². The molecule has 3 rings (SSSR count). The van der Waals surface area contributed by atoms with E-state index in [1.165, 1.54) is 0 Å². The number of hydrogen-bond acceptors (Lipinski definition) is 2. The summed E-state index contributed by atoms with van der Waals surface area (Å²) in [6.45, 7) is 2.45. The van der Waals surface area contributed by atoms with Crippen molar-refractivity contribution >= 4 is 64.0 Å². The molecule has 3 N–H and O–H groups in total. The Morgan fingerprint density at radius 2 is 1.96 bits per heavy atom. The van der Waals surface area contributed by atoms with Crippen LogP contribution in [0.3, 0.4) is 0 Å². The second-order valence-corrected chi connectivity index (χ2v) is 6.56. The van der Waals surface area contributed by atoms with Gasteiger partial charge in [0, 0.05) is 21.6 Å². The SMILES string of the molecule is CC(NC(N)=NCc1ccnc2ccccc12)c1ccc(Cl)cc1Cl.I. The molecular weight excluding hydrogens is 482 g/mol. The molecule has 1 atom stereocenters. The summed E-state index contributed by atoms with van der Waals surface area (Å²) in [7, 11) is 0. The molecule has 136 valence electrons. The molecule has 0 aliphatic carbocycles. The van der Waals surface area contributed by atoms with E-state index in [0.717, 1.165) is 22.0 Å². The third-order valence-corrected chi connectivity index (χ3v) is 4.51. The van der Waals surface area contributed by atoms with E-state index in [1.54, 1.807) is 18.3 Å². The maximum absolute atomic E-state index is 6.23. The number of pyridine rings is 1. The maximum atomic E-state index is 6.23. The number of nitrogens with zero attached hydrogens (tertiary/aromatic N) is 2. The molecular formula is C19H19Cl2IN4. The molecule has 0 radical (unpaired) electrons. The van der Waals surface area contributed by atoms with Crippen LogP contribution in [0, 0.1) is 0 Å². The van der Waals surface area contributed by atoms with E-state index in [-0.39, 0.29) is 30.0 Å². The molecule has 1 heterocycles. The van der Waals surface area contributed by atoms with Crippen LogP contribution in [-0.2, 0) is 6.54 Å². The molecule has 1 unspecified atom stereocenters. The van der Waals surface area contributed by atoms with Gasteiger partial charge in [-0.3, -0.25) is 4.98 Å². The van der Waals surface area contributed by atoms with E-state index >= 15 is 0 Å². The Labute approximate surface area is 179 Å². The van der Waals surface area contributed by atoms with E-state index < -0.39 is 0 Å². The monoisotopic (exact) mass is 500 g/mol. The summed E-state index contributed by atoms with van der Waals surface area (Å²) < 4.78 is 0. The summed E-state index contributed by atoms with van der Waals surface area (Å²) in [5.74, 6) is 0.361. The van der Waals surface area contributed by atoms with Gasteiger partial charge in [-0.25, -0.2) is 4.99 Å². The van der Waals surface area contributed by atoms with Crippen LogP contribution in [0.15, 0.2) is 59.7 Å². The molecule has 0 aliphatic heterocycles. The van der Waals surface area contributed by atoms with Gasteiger partial charge in [-0.2, -0.15) is 0 Å². The van der Waals surface area contributed by atoms with Crippen molar-refractivity contribution in [2.45, 2.75) is 19.5 Å². The number of halogens is 3. The lowest BCUT2D eigenvalue weighted by Gasteiger charge is -2.16. The van der Waals surface area contributed by atoms with Crippen molar-refractivity contribution in [3.63, 3.8) is 0 Å². The first-order valence-electron chi connectivity index (χ1n) is 7.88. The lowest BCUT2D eigenvalue weighted by Crippen LogP contribution is -2.34. The minimum atomic E-state index is -0.0808. The largest absolute Gasteiger partial charge is 0.370 e.